The molecule has 0 aliphatic carbocycles. The van der Waals surface area contributed by atoms with Crippen LogP contribution in [0.15, 0.2) is 24.5 Å². The van der Waals surface area contributed by atoms with Gasteiger partial charge in [0, 0.05) is 13.2 Å². The number of hydrogen-bond acceptors (Lipinski definition) is 3. The Morgan fingerprint density at radius 2 is 2.25 bits per heavy atom. The number of carboxylic acid groups (broad SMARTS) is 1. The van der Waals surface area contributed by atoms with Gasteiger partial charge in [0.15, 0.2) is 0 Å². The van der Waals surface area contributed by atoms with Gasteiger partial charge >= 0.3 is 12.0 Å². The fourth-order valence-corrected chi connectivity index (χ4v) is 1.01. The van der Waals surface area contributed by atoms with Crippen LogP contribution in [0.1, 0.15) is 6.92 Å². The fraction of sp³-hybridized carbons (Fsp3) is 0.300. The molecule has 0 spiro atoms. The van der Waals surface area contributed by atoms with Crippen molar-refractivity contribution in [3.05, 3.63) is 24.5 Å². The average Bonchev–Trinajstić information content (AvgIpc) is 2.28. The van der Waals surface area contributed by atoms with Gasteiger partial charge in [-0.1, -0.05) is 0 Å². The number of pyridine rings is 1. The van der Waals surface area contributed by atoms with E-state index in [-0.39, 0.29) is 0 Å². The van der Waals surface area contributed by atoms with Crippen molar-refractivity contribution in [2.75, 3.05) is 11.9 Å². The zero-order valence-corrected chi connectivity index (χ0v) is 9.04. The number of hydrogen-bond donors (Lipinski definition) is 2. The molecule has 0 aliphatic heterocycles. The molecular formula is C10H13N3O3. The Hall–Kier alpha value is -2.11. The molecule has 0 saturated heterocycles. The van der Waals surface area contributed by atoms with E-state index in [4.69, 9.17) is 5.11 Å². The van der Waals surface area contributed by atoms with Crippen molar-refractivity contribution in [1.29, 1.82) is 0 Å². The van der Waals surface area contributed by atoms with Gasteiger partial charge in [0.25, 0.3) is 0 Å². The summed E-state index contributed by atoms with van der Waals surface area (Å²) in [6.07, 6.45) is 3.11. The zero-order valence-electron chi connectivity index (χ0n) is 9.04. The molecule has 0 aliphatic rings. The zero-order chi connectivity index (χ0) is 12.1. The smallest absolute Gasteiger partial charge is 0.325 e. The summed E-state index contributed by atoms with van der Waals surface area (Å²) in [5.41, 5.74) is 0.595. The van der Waals surface area contributed by atoms with Gasteiger partial charge in [-0.25, -0.2) is 4.79 Å². The minimum Gasteiger partial charge on any atom is -0.480 e. The minimum absolute atomic E-state index is 0.483. The van der Waals surface area contributed by atoms with Crippen LogP contribution < -0.4 is 10.2 Å². The molecule has 1 aromatic heterocycles. The van der Waals surface area contributed by atoms with Gasteiger partial charge in [-0.05, 0) is 19.1 Å². The highest BCUT2D eigenvalue weighted by Gasteiger charge is 2.17. The third-order valence-corrected chi connectivity index (χ3v) is 2.05. The molecule has 16 heavy (non-hydrogen) atoms. The fourth-order valence-electron chi connectivity index (χ4n) is 1.01. The van der Waals surface area contributed by atoms with Crippen LogP contribution >= 0.6 is 0 Å². The van der Waals surface area contributed by atoms with Crippen molar-refractivity contribution < 1.29 is 14.7 Å². The van der Waals surface area contributed by atoms with E-state index in [2.05, 4.69) is 10.3 Å². The molecular weight excluding hydrogens is 210 g/mol. The van der Waals surface area contributed by atoms with Crippen LogP contribution in [-0.4, -0.2) is 35.2 Å². The van der Waals surface area contributed by atoms with E-state index in [1.54, 1.807) is 25.4 Å². The van der Waals surface area contributed by atoms with Gasteiger partial charge in [0.1, 0.15) is 6.04 Å². The SMILES string of the molecule is CC(NC(=O)N(C)c1cccnc1)C(=O)O. The van der Waals surface area contributed by atoms with Crippen molar-refractivity contribution in [3.8, 4) is 0 Å². The number of urea groups is 1. The first-order valence-electron chi connectivity index (χ1n) is 4.69. The predicted molar refractivity (Wildman–Crippen MR) is 58.3 cm³/mol. The number of carbonyl (C=O) groups excluding carboxylic acids is 1. The lowest BCUT2D eigenvalue weighted by atomic mass is 10.3. The maximum Gasteiger partial charge on any atom is 0.325 e. The molecule has 1 aromatic rings. The molecule has 86 valence electrons. The van der Waals surface area contributed by atoms with Crippen molar-refractivity contribution >= 4 is 17.7 Å². The van der Waals surface area contributed by atoms with Gasteiger partial charge < -0.3 is 10.4 Å². The molecule has 6 heteroatoms. The van der Waals surface area contributed by atoms with E-state index in [0.717, 1.165) is 0 Å². The van der Waals surface area contributed by atoms with Gasteiger partial charge in [-0.15, -0.1) is 0 Å². The molecule has 1 unspecified atom stereocenters. The summed E-state index contributed by atoms with van der Waals surface area (Å²) >= 11 is 0. The standard InChI is InChI=1S/C10H13N3O3/c1-7(9(14)15)12-10(16)13(2)8-4-3-5-11-6-8/h3-7H,1-2H3,(H,12,16)(H,14,15). The summed E-state index contributed by atoms with van der Waals surface area (Å²) in [6.45, 7) is 1.40. The van der Waals surface area contributed by atoms with Crippen LogP contribution in [0.25, 0.3) is 0 Å². The van der Waals surface area contributed by atoms with E-state index in [1.807, 2.05) is 0 Å². The molecule has 1 rings (SSSR count). The summed E-state index contributed by atoms with van der Waals surface area (Å²) in [5, 5.41) is 11.0. The van der Waals surface area contributed by atoms with Crippen molar-refractivity contribution in [3.63, 3.8) is 0 Å². The molecule has 6 nitrogen and oxygen atoms in total. The number of rotatable bonds is 3. The summed E-state index contributed by atoms with van der Waals surface area (Å²) in [5.74, 6) is -1.08. The van der Waals surface area contributed by atoms with Gasteiger partial charge in [0.2, 0.25) is 0 Å². The van der Waals surface area contributed by atoms with E-state index < -0.39 is 18.0 Å². The first-order chi connectivity index (χ1) is 7.52. The minimum atomic E-state index is -1.08. The first kappa shape index (κ1) is 12.0. The molecule has 1 heterocycles. The van der Waals surface area contributed by atoms with E-state index in [1.165, 1.54) is 18.0 Å². The van der Waals surface area contributed by atoms with Crippen LogP contribution in [0, 0.1) is 0 Å². The Bertz CT molecular complexity index is 380. The lowest BCUT2D eigenvalue weighted by Gasteiger charge is -2.19. The topological polar surface area (TPSA) is 82.5 Å². The number of aromatic nitrogens is 1. The number of amides is 2. The largest absolute Gasteiger partial charge is 0.480 e. The quantitative estimate of drug-likeness (QED) is 0.790. The van der Waals surface area contributed by atoms with Crippen LogP contribution in [0.3, 0.4) is 0 Å². The molecule has 0 bridgehead atoms. The third kappa shape index (κ3) is 2.94. The van der Waals surface area contributed by atoms with Crippen LogP contribution in [0.2, 0.25) is 0 Å². The Labute approximate surface area is 92.9 Å². The van der Waals surface area contributed by atoms with Gasteiger partial charge in [-0.2, -0.15) is 0 Å². The summed E-state index contributed by atoms with van der Waals surface area (Å²) in [6, 6.07) is 1.99. The Balaban J connectivity index is 2.65. The Morgan fingerprint density at radius 3 is 2.75 bits per heavy atom. The highest BCUT2D eigenvalue weighted by Crippen LogP contribution is 2.08. The number of carbonyl (C=O) groups is 2. The highest BCUT2D eigenvalue weighted by molar-refractivity contribution is 5.93. The molecule has 0 saturated carbocycles. The highest BCUT2D eigenvalue weighted by atomic mass is 16.4. The lowest BCUT2D eigenvalue weighted by molar-refractivity contribution is -0.138. The molecule has 2 amide bonds. The van der Waals surface area contributed by atoms with Crippen LogP contribution in [0.4, 0.5) is 10.5 Å². The molecule has 0 aromatic carbocycles. The monoisotopic (exact) mass is 223 g/mol. The van der Waals surface area contributed by atoms with E-state index >= 15 is 0 Å². The Morgan fingerprint density at radius 1 is 1.56 bits per heavy atom. The van der Waals surface area contributed by atoms with Crippen LogP contribution in [0.5, 0.6) is 0 Å². The van der Waals surface area contributed by atoms with Crippen molar-refractivity contribution in [2.45, 2.75) is 13.0 Å². The number of nitrogens with one attached hydrogen (secondary N) is 1. The number of aliphatic carboxylic acids is 1. The molecule has 2 N–H and O–H groups in total. The molecule has 0 radical (unpaired) electrons. The summed E-state index contributed by atoms with van der Waals surface area (Å²) < 4.78 is 0. The third-order valence-electron chi connectivity index (χ3n) is 2.05. The maximum absolute atomic E-state index is 11.6. The second kappa shape index (κ2) is 5.11. The van der Waals surface area contributed by atoms with Gasteiger partial charge in [0.05, 0.1) is 11.9 Å². The number of anilines is 1. The summed E-state index contributed by atoms with van der Waals surface area (Å²) in [7, 11) is 1.54. The van der Waals surface area contributed by atoms with Gasteiger partial charge in [-0.3, -0.25) is 14.7 Å². The second-order valence-corrected chi connectivity index (χ2v) is 3.28. The second-order valence-electron chi connectivity index (χ2n) is 3.28. The Kier molecular flexibility index (Phi) is 3.82. The maximum atomic E-state index is 11.6. The van der Waals surface area contributed by atoms with Crippen molar-refractivity contribution in [2.24, 2.45) is 0 Å². The molecule has 0 fully saturated rings. The first-order valence-corrected chi connectivity index (χ1v) is 4.69. The number of nitrogens with zero attached hydrogens (tertiary/aromatic N) is 2. The van der Waals surface area contributed by atoms with Crippen molar-refractivity contribution in [1.82, 2.24) is 10.3 Å². The lowest BCUT2D eigenvalue weighted by Crippen LogP contribution is -2.45. The number of carboxylic acids is 1. The average molecular weight is 223 g/mol. The predicted octanol–water partition coefficient (Wildman–Crippen LogP) is 0.701. The molecule has 1 atom stereocenters. The normalized spacial score (nSPS) is 11.6. The van der Waals surface area contributed by atoms with E-state index in [0.29, 0.717) is 5.69 Å². The summed E-state index contributed by atoms with van der Waals surface area (Å²) in [4.78, 5) is 27.3. The van der Waals surface area contributed by atoms with Crippen LogP contribution in [-0.2, 0) is 4.79 Å². The van der Waals surface area contributed by atoms with E-state index in [9.17, 15) is 9.59 Å².